The molecule has 1 amide bonds. The van der Waals surface area contributed by atoms with Crippen molar-refractivity contribution in [3.63, 3.8) is 0 Å². The summed E-state index contributed by atoms with van der Waals surface area (Å²) in [5.41, 5.74) is 5.35. The number of amides is 1. The molecule has 1 aromatic heterocycles. The van der Waals surface area contributed by atoms with Crippen LogP contribution in [0.1, 0.15) is 58.5 Å². The van der Waals surface area contributed by atoms with Gasteiger partial charge >= 0.3 is 0 Å². The molecule has 33 heavy (non-hydrogen) atoms. The number of hydrogen-bond donors (Lipinski definition) is 1. The van der Waals surface area contributed by atoms with E-state index in [2.05, 4.69) is 67.1 Å². The van der Waals surface area contributed by atoms with E-state index in [4.69, 9.17) is 4.74 Å². The van der Waals surface area contributed by atoms with Gasteiger partial charge in [-0.15, -0.1) is 0 Å². The Morgan fingerprint density at radius 1 is 1.18 bits per heavy atom. The molecule has 1 aromatic carbocycles. The minimum Gasteiger partial charge on any atom is -0.493 e. The molecular formula is C27H40N4O2. The van der Waals surface area contributed by atoms with Gasteiger partial charge in [0.1, 0.15) is 5.75 Å². The zero-order chi connectivity index (χ0) is 24.0. The van der Waals surface area contributed by atoms with Crippen LogP contribution in [0.5, 0.6) is 5.75 Å². The largest absolute Gasteiger partial charge is 0.493 e. The highest BCUT2D eigenvalue weighted by Gasteiger charge is 2.32. The zero-order valence-electron chi connectivity index (χ0n) is 21.1. The molecule has 1 N–H and O–H groups in total. The number of unbranched alkanes of at least 4 members (excludes halogenated alkanes) is 1. The number of rotatable bonds is 11. The summed E-state index contributed by atoms with van der Waals surface area (Å²) in [5, 5.41) is 3.08. The topological polar surface area (TPSA) is 57.7 Å². The third-order valence-electron chi connectivity index (χ3n) is 6.82. The van der Waals surface area contributed by atoms with E-state index >= 15 is 0 Å². The minimum absolute atomic E-state index is 0.0316. The first-order valence-electron chi connectivity index (χ1n) is 12.1. The third-order valence-corrected chi connectivity index (χ3v) is 6.82. The first-order valence-corrected chi connectivity index (χ1v) is 12.1. The van der Waals surface area contributed by atoms with Crippen molar-refractivity contribution < 1.29 is 9.53 Å². The van der Waals surface area contributed by atoms with Gasteiger partial charge in [0.15, 0.2) is 0 Å². The summed E-state index contributed by atoms with van der Waals surface area (Å²) in [6.45, 7) is 13.1. The number of benzene rings is 1. The van der Waals surface area contributed by atoms with Crippen molar-refractivity contribution in [3.8, 4) is 5.75 Å². The Hall–Kier alpha value is -2.44. The van der Waals surface area contributed by atoms with Crippen LogP contribution in [0.25, 0.3) is 0 Å². The molecule has 0 aliphatic carbocycles. The highest BCUT2D eigenvalue weighted by atomic mass is 16.5. The van der Waals surface area contributed by atoms with Gasteiger partial charge in [0.05, 0.1) is 12.2 Å². The van der Waals surface area contributed by atoms with Crippen LogP contribution in [0.2, 0.25) is 0 Å². The summed E-state index contributed by atoms with van der Waals surface area (Å²) in [7, 11) is 4.21. The summed E-state index contributed by atoms with van der Waals surface area (Å²) in [6, 6.07) is 8.34. The summed E-state index contributed by atoms with van der Waals surface area (Å²) >= 11 is 0. The second-order valence-electron chi connectivity index (χ2n) is 9.60. The monoisotopic (exact) mass is 452 g/mol. The van der Waals surface area contributed by atoms with Gasteiger partial charge in [-0.1, -0.05) is 6.07 Å². The first-order chi connectivity index (χ1) is 15.8. The maximum absolute atomic E-state index is 12.4. The van der Waals surface area contributed by atoms with E-state index in [0.717, 1.165) is 50.5 Å². The number of carbonyl (C=O) groups is 1. The molecule has 3 rings (SSSR count). The lowest BCUT2D eigenvalue weighted by molar-refractivity contribution is 0.0569. The van der Waals surface area contributed by atoms with Crippen LogP contribution in [0.3, 0.4) is 0 Å². The Bertz CT molecular complexity index is 938. The van der Waals surface area contributed by atoms with E-state index < -0.39 is 0 Å². The SMILES string of the molecule is Cc1ncccc1C(=O)NCC1CN(C(C)c2ccc(OCCCCN(C)C)c(C)c2C)C1. The van der Waals surface area contributed by atoms with Crippen LogP contribution < -0.4 is 10.1 Å². The molecule has 1 atom stereocenters. The highest BCUT2D eigenvalue weighted by molar-refractivity contribution is 5.95. The van der Waals surface area contributed by atoms with Gasteiger partial charge in [0, 0.05) is 43.5 Å². The lowest BCUT2D eigenvalue weighted by atomic mass is 9.91. The number of ether oxygens (including phenoxy) is 1. The van der Waals surface area contributed by atoms with Crippen LogP contribution in [0.4, 0.5) is 0 Å². The van der Waals surface area contributed by atoms with Crippen LogP contribution in [0.15, 0.2) is 30.5 Å². The summed E-state index contributed by atoms with van der Waals surface area (Å²) in [6.07, 6.45) is 3.94. The predicted molar refractivity (Wildman–Crippen MR) is 134 cm³/mol. The van der Waals surface area contributed by atoms with Crippen molar-refractivity contribution in [1.29, 1.82) is 0 Å². The van der Waals surface area contributed by atoms with Crippen molar-refractivity contribution in [2.75, 3.05) is 46.9 Å². The van der Waals surface area contributed by atoms with Crippen molar-refractivity contribution >= 4 is 5.91 Å². The van der Waals surface area contributed by atoms with E-state index in [9.17, 15) is 4.79 Å². The molecule has 2 aromatic rings. The van der Waals surface area contributed by atoms with Gasteiger partial charge in [-0.2, -0.15) is 0 Å². The maximum Gasteiger partial charge on any atom is 0.253 e. The number of aromatic nitrogens is 1. The Balaban J connectivity index is 1.46. The van der Waals surface area contributed by atoms with E-state index in [-0.39, 0.29) is 5.91 Å². The van der Waals surface area contributed by atoms with Crippen LogP contribution in [-0.2, 0) is 0 Å². The van der Waals surface area contributed by atoms with Gasteiger partial charge in [0.25, 0.3) is 5.91 Å². The normalized spacial score (nSPS) is 15.4. The van der Waals surface area contributed by atoms with Crippen LogP contribution in [-0.4, -0.2) is 67.6 Å². The highest BCUT2D eigenvalue weighted by Crippen LogP contribution is 2.34. The Morgan fingerprint density at radius 2 is 1.94 bits per heavy atom. The molecule has 180 valence electrons. The van der Waals surface area contributed by atoms with E-state index in [1.165, 1.54) is 16.7 Å². The van der Waals surface area contributed by atoms with Crippen LogP contribution >= 0.6 is 0 Å². The molecule has 6 heteroatoms. The van der Waals surface area contributed by atoms with Crippen molar-refractivity contribution in [1.82, 2.24) is 20.1 Å². The van der Waals surface area contributed by atoms with Crippen LogP contribution in [0, 0.1) is 26.7 Å². The smallest absolute Gasteiger partial charge is 0.253 e. The number of aryl methyl sites for hydroxylation is 1. The molecule has 0 radical (unpaired) electrons. The molecule has 0 spiro atoms. The average molecular weight is 453 g/mol. The fourth-order valence-corrected chi connectivity index (χ4v) is 4.45. The molecule has 1 saturated heterocycles. The summed E-state index contributed by atoms with van der Waals surface area (Å²) in [4.78, 5) is 21.3. The first kappa shape index (κ1) is 25.2. The lowest BCUT2D eigenvalue weighted by Crippen LogP contribution is -2.52. The number of carbonyl (C=O) groups excluding carboxylic acids is 1. The van der Waals surface area contributed by atoms with E-state index in [1.807, 2.05) is 13.0 Å². The van der Waals surface area contributed by atoms with Gasteiger partial charge in [-0.05, 0) is 96.1 Å². The molecule has 2 heterocycles. The standard InChI is InChI=1S/C27H40N4O2/c1-19-20(2)26(33-15-8-7-14-30(5)6)12-11-24(19)22(4)31-17-23(18-31)16-29-27(32)25-10-9-13-28-21(25)3/h9-13,22-23H,7-8,14-18H2,1-6H3,(H,29,32). The number of hydrogen-bond acceptors (Lipinski definition) is 5. The fourth-order valence-electron chi connectivity index (χ4n) is 4.45. The van der Waals surface area contributed by atoms with Crippen molar-refractivity contribution in [3.05, 3.63) is 58.4 Å². The van der Waals surface area contributed by atoms with Gasteiger partial charge in [0.2, 0.25) is 0 Å². The molecule has 1 aliphatic rings. The lowest BCUT2D eigenvalue weighted by Gasteiger charge is -2.44. The predicted octanol–water partition coefficient (Wildman–Crippen LogP) is 4.15. The van der Waals surface area contributed by atoms with Gasteiger partial charge in [-0.25, -0.2) is 0 Å². The number of nitrogens with one attached hydrogen (secondary N) is 1. The zero-order valence-corrected chi connectivity index (χ0v) is 21.1. The Morgan fingerprint density at radius 3 is 2.64 bits per heavy atom. The Kier molecular flexibility index (Phi) is 8.87. The molecule has 1 fully saturated rings. The summed E-state index contributed by atoms with van der Waals surface area (Å²) in [5.74, 6) is 1.46. The Labute approximate surface area is 199 Å². The quantitative estimate of drug-likeness (QED) is 0.519. The fraction of sp³-hybridized carbons (Fsp3) is 0.556. The van der Waals surface area contributed by atoms with Gasteiger partial charge < -0.3 is 15.0 Å². The second kappa shape index (κ2) is 11.6. The third kappa shape index (κ3) is 6.55. The molecule has 1 unspecified atom stereocenters. The summed E-state index contributed by atoms with van der Waals surface area (Å²) < 4.78 is 6.07. The average Bonchev–Trinajstić information content (AvgIpc) is 2.75. The molecule has 1 aliphatic heterocycles. The van der Waals surface area contributed by atoms with E-state index in [0.29, 0.717) is 24.1 Å². The molecule has 0 bridgehead atoms. The van der Waals surface area contributed by atoms with E-state index in [1.54, 1.807) is 12.3 Å². The van der Waals surface area contributed by atoms with Crippen molar-refractivity contribution in [2.24, 2.45) is 5.92 Å². The number of likely N-dealkylation sites (tertiary alicyclic amines) is 1. The molecule has 0 saturated carbocycles. The second-order valence-corrected chi connectivity index (χ2v) is 9.60. The molecular weight excluding hydrogens is 412 g/mol. The van der Waals surface area contributed by atoms with Gasteiger partial charge in [-0.3, -0.25) is 14.7 Å². The van der Waals surface area contributed by atoms with Crippen molar-refractivity contribution in [2.45, 2.75) is 46.6 Å². The molecule has 6 nitrogen and oxygen atoms in total. The minimum atomic E-state index is -0.0316. The number of pyridine rings is 1. The number of nitrogens with zero attached hydrogens (tertiary/aromatic N) is 3. The maximum atomic E-state index is 12.4.